The van der Waals surface area contributed by atoms with Gasteiger partial charge in [-0.15, -0.1) is 0 Å². The van der Waals surface area contributed by atoms with E-state index in [1.165, 1.54) is 5.56 Å². The number of nitrogens with zero attached hydrogens (tertiary/aromatic N) is 1. The molecule has 1 unspecified atom stereocenters. The van der Waals surface area contributed by atoms with Gasteiger partial charge in [0.2, 0.25) is 11.8 Å². The third-order valence-corrected chi connectivity index (χ3v) is 5.25. The number of amides is 2. The molecule has 0 bridgehead atoms. The molecule has 0 aliphatic carbocycles. The summed E-state index contributed by atoms with van der Waals surface area (Å²) < 4.78 is 10.5. The lowest BCUT2D eigenvalue weighted by molar-refractivity contribution is -0.148. The highest BCUT2D eigenvalue weighted by Crippen LogP contribution is 2.28. The zero-order valence-electron chi connectivity index (χ0n) is 17.9. The Kier molecular flexibility index (Phi) is 7.65. The molecule has 1 atom stereocenters. The Hall–Kier alpha value is -3.35. The van der Waals surface area contributed by atoms with Crippen molar-refractivity contribution in [2.24, 2.45) is 5.92 Å². The number of hydrogen-bond donors (Lipinski definition) is 1. The van der Waals surface area contributed by atoms with E-state index in [9.17, 15) is 14.4 Å². The molecule has 164 valence electrons. The molecular formula is C24H28N2O5. The lowest BCUT2D eigenvalue weighted by atomic mass is 10.1. The van der Waals surface area contributed by atoms with Crippen LogP contribution in [0.15, 0.2) is 48.5 Å². The lowest BCUT2D eigenvalue weighted by Gasteiger charge is -2.17. The van der Waals surface area contributed by atoms with E-state index in [0.717, 1.165) is 5.56 Å². The average molecular weight is 424 g/mol. The number of benzene rings is 2. The highest BCUT2D eigenvalue weighted by atomic mass is 16.5. The Bertz CT molecular complexity index is 926. The second-order valence-electron chi connectivity index (χ2n) is 7.61. The second-order valence-corrected chi connectivity index (χ2v) is 7.61. The minimum Gasteiger partial charge on any atom is -0.497 e. The molecule has 1 aliphatic rings. The minimum atomic E-state index is -0.518. The molecule has 0 saturated carbocycles. The standard InChI is InChI=1S/C24H28N2O5/c1-17-6-8-18(9-7-17)10-11-22(27)25-12-13-31-24(29)19-14-23(28)26(16-19)20-4-3-5-21(15-20)30-2/h3-9,15,19H,10-14,16H2,1-2H3,(H,25,27). The summed E-state index contributed by atoms with van der Waals surface area (Å²) in [6.45, 7) is 2.63. The van der Waals surface area contributed by atoms with Crippen molar-refractivity contribution in [1.82, 2.24) is 5.32 Å². The number of carbonyl (C=O) groups excluding carboxylic acids is 3. The van der Waals surface area contributed by atoms with E-state index in [0.29, 0.717) is 24.3 Å². The predicted octanol–water partition coefficient (Wildman–Crippen LogP) is 2.65. The van der Waals surface area contributed by atoms with Crippen LogP contribution in [0.5, 0.6) is 5.75 Å². The van der Waals surface area contributed by atoms with Gasteiger partial charge in [-0.2, -0.15) is 0 Å². The van der Waals surface area contributed by atoms with Crippen LogP contribution < -0.4 is 15.0 Å². The second kappa shape index (κ2) is 10.6. The van der Waals surface area contributed by atoms with Crippen LogP contribution in [-0.4, -0.2) is 44.6 Å². The Morgan fingerprint density at radius 1 is 1.16 bits per heavy atom. The van der Waals surface area contributed by atoms with E-state index in [1.54, 1.807) is 36.3 Å². The van der Waals surface area contributed by atoms with Gasteiger partial charge >= 0.3 is 5.97 Å². The molecule has 7 heteroatoms. The number of aryl methyl sites for hydroxylation is 2. The van der Waals surface area contributed by atoms with E-state index in [1.807, 2.05) is 31.2 Å². The molecule has 0 aromatic heterocycles. The smallest absolute Gasteiger partial charge is 0.311 e. The maximum absolute atomic E-state index is 12.3. The molecule has 2 aromatic rings. The van der Waals surface area contributed by atoms with E-state index >= 15 is 0 Å². The Balaban J connectivity index is 1.37. The van der Waals surface area contributed by atoms with Crippen LogP contribution in [0, 0.1) is 12.8 Å². The highest BCUT2D eigenvalue weighted by molar-refractivity contribution is 5.99. The van der Waals surface area contributed by atoms with Gasteiger partial charge in [-0.25, -0.2) is 0 Å². The van der Waals surface area contributed by atoms with Gasteiger partial charge in [-0.1, -0.05) is 35.9 Å². The van der Waals surface area contributed by atoms with Crippen LogP contribution in [0.25, 0.3) is 0 Å². The van der Waals surface area contributed by atoms with Crippen molar-refractivity contribution in [2.75, 3.05) is 31.7 Å². The Morgan fingerprint density at radius 2 is 1.94 bits per heavy atom. The minimum absolute atomic E-state index is 0.0823. The summed E-state index contributed by atoms with van der Waals surface area (Å²) in [7, 11) is 1.56. The first-order valence-electron chi connectivity index (χ1n) is 10.4. The zero-order valence-corrected chi connectivity index (χ0v) is 17.9. The fraction of sp³-hybridized carbons (Fsp3) is 0.375. The number of esters is 1. The van der Waals surface area contributed by atoms with Gasteiger partial charge in [0, 0.05) is 31.1 Å². The molecule has 1 N–H and O–H groups in total. The van der Waals surface area contributed by atoms with Gasteiger partial charge in [0.05, 0.1) is 19.6 Å². The number of anilines is 1. The number of hydrogen-bond acceptors (Lipinski definition) is 5. The van der Waals surface area contributed by atoms with Gasteiger partial charge in [0.15, 0.2) is 0 Å². The third-order valence-electron chi connectivity index (χ3n) is 5.25. The van der Waals surface area contributed by atoms with Gasteiger partial charge in [0.1, 0.15) is 12.4 Å². The van der Waals surface area contributed by atoms with E-state index in [4.69, 9.17) is 9.47 Å². The van der Waals surface area contributed by atoms with Crippen LogP contribution in [0.4, 0.5) is 5.69 Å². The molecule has 0 radical (unpaired) electrons. The first-order chi connectivity index (χ1) is 15.0. The normalized spacial score (nSPS) is 15.6. The number of carbonyl (C=O) groups is 3. The summed E-state index contributed by atoms with van der Waals surface area (Å²) >= 11 is 0. The van der Waals surface area contributed by atoms with Crippen molar-refractivity contribution in [1.29, 1.82) is 0 Å². The van der Waals surface area contributed by atoms with Gasteiger partial charge < -0.3 is 19.7 Å². The van der Waals surface area contributed by atoms with Gasteiger partial charge in [-0.3, -0.25) is 14.4 Å². The summed E-state index contributed by atoms with van der Waals surface area (Å²) in [4.78, 5) is 38.2. The molecule has 1 fully saturated rings. The number of rotatable bonds is 9. The van der Waals surface area contributed by atoms with Gasteiger partial charge in [-0.05, 0) is 31.0 Å². The summed E-state index contributed by atoms with van der Waals surface area (Å²) in [6, 6.07) is 15.2. The number of methoxy groups -OCH3 is 1. The van der Waals surface area contributed by atoms with Gasteiger partial charge in [0.25, 0.3) is 0 Å². The molecule has 31 heavy (non-hydrogen) atoms. The fourth-order valence-corrected chi connectivity index (χ4v) is 3.45. The van der Waals surface area contributed by atoms with Crippen molar-refractivity contribution >= 4 is 23.5 Å². The molecule has 0 spiro atoms. The lowest BCUT2D eigenvalue weighted by Crippen LogP contribution is -2.30. The molecule has 1 aliphatic heterocycles. The summed E-state index contributed by atoms with van der Waals surface area (Å²) in [5.41, 5.74) is 2.99. The Morgan fingerprint density at radius 3 is 2.68 bits per heavy atom. The quantitative estimate of drug-likeness (QED) is 0.494. The van der Waals surface area contributed by atoms with Crippen molar-refractivity contribution < 1.29 is 23.9 Å². The maximum atomic E-state index is 12.3. The van der Waals surface area contributed by atoms with Crippen molar-refractivity contribution in [3.63, 3.8) is 0 Å². The van der Waals surface area contributed by atoms with E-state index in [2.05, 4.69) is 5.32 Å². The monoisotopic (exact) mass is 424 g/mol. The van der Waals surface area contributed by atoms with Crippen LogP contribution in [-0.2, 0) is 25.5 Å². The van der Waals surface area contributed by atoms with E-state index in [-0.39, 0.29) is 37.9 Å². The van der Waals surface area contributed by atoms with Crippen LogP contribution >= 0.6 is 0 Å². The van der Waals surface area contributed by atoms with Crippen molar-refractivity contribution in [3.05, 3.63) is 59.7 Å². The van der Waals surface area contributed by atoms with E-state index < -0.39 is 11.9 Å². The highest BCUT2D eigenvalue weighted by Gasteiger charge is 2.36. The third kappa shape index (κ3) is 6.31. The first-order valence-corrected chi connectivity index (χ1v) is 10.4. The molecular weight excluding hydrogens is 396 g/mol. The maximum Gasteiger partial charge on any atom is 0.311 e. The topological polar surface area (TPSA) is 84.9 Å². The van der Waals surface area contributed by atoms with Crippen molar-refractivity contribution in [2.45, 2.75) is 26.2 Å². The molecule has 2 aromatic carbocycles. The molecule has 3 rings (SSSR count). The molecule has 1 saturated heterocycles. The predicted molar refractivity (Wildman–Crippen MR) is 117 cm³/mol. The zero-order chi connectivity index (χ0) is 22.2. The molecule has 1 heterocycles. The summed E-state index contributed by atoms with van der Waals surface area (Å²) in [6.07, 6.45) is 1.15. The van der Waals surface area contributed by atoms with Crippen LogP contribution in [0.1, 0.15) is 24.0 Å². The number of nitrogens with one attached hydrogen (secondary N) is 1. The van der Waals surface area contributed by atoms with Crippen LogP contribution in [0.3, 0.4) is 0 Å². The molecule has 7 nitrogen and oxygen atoms in total. The fourth-order valence-electron chi connectivity index (χ4n) is 3.45. The Labute approximate surface area is 182 Å². The summed E-state index contributed by atoms with van der Waals surface area (Å²) in [5.74, 6) is -0.505. The molecule has 2 amide bonds. The SMILES string of the molecule is COc1cccc(N2CC(C(=O)OCCNC(=O)CCc3ccc(C)cc3)CC2=O)c1. The number of ether oxygens (including phenoxy) is 2. The average Bonchev–Trinajstić information content (AvgIpc) is 3.18. The van der Waals surface area contributed by atoms with Crippen molar-refractivity contribution in [3.8, 4) is 5.75 Å². The first kappa shape index (κ1) is 22.3. The van der Waals surface area contributed by atoms with Crippen LogP contribution in [0.2, 0.25) is 0 Å². The largest absolute Gasteiger partial charge is 0.497 e. The summed E-state index contributed by atoms with van der Waals surface area (Å²) in [5, 5.41) is 2.76.